The average molecular weight is 281 g/mol. The average Bonchev–Trinajstić information content (AvgIpc) is 2.56. The van der Waals surface area contributed by atoms with Crippen LogP contribution in [-0.4, -0.2) is 29.6 Å². The Labute approximate surface area is 127 Å². The van der Waals surface area contributed by atoms with E-state index in [4.69, 9.17) is 0 Å². The van der Waals surface area contributed by atoms with E-state index in [-0.39, 0.29) is 6.04 Å². The van der Waals surface area contributed by atoms with Crippen LogP contribution in [0.5, 0.6) is 0 Å². The van der Waals surface area contributed by atoms with Gasteiger partial charge in [0.1, 0.15) is 5.60 Å². The molecule has 2 aromatic rings. The van der Waals surface area contributed by atoms with Crippen LogP contribution in [0.2, 0.25) is 0 Å². The first kappa shape index (κ1) is 14.3. The molecule has 1 saturated heterocycles. The molecule has 0 aliphatic carbocycles. The van der Waals surface area contributed by atoms with Crippen molar-refractivity contribution in [2.24, 2.45) is 0 Å². The maximum atomic E-state index is 11.7. The fourth-order valence-corrected chi connectivity index (χ4v) is 3.54. The van der Waals surface area contributed by atoms with Gasteiger partial charge in [0.2, 0.25) is 0 Å². The molecule has 0 spiro atoms. The number of likely N-dealkylation sites (tertiary alicyclic amines) is 1. The molecular formula is C19H23NO. The summed E-state index contributed by atoms with van der Waals surface area (Å²) in [6, 6.07) is 20.3. The summed E-state index contributed by atoms with van der Waals surface area (Å²) in [5, 5.41) is 11.7. The Bertz CT molecular complexity index is 527. The van der Waals surface area contributed by atoms with Crippen LogP contribution in [0.25, 0.3) is 0 Å². The van der Waals surface area contributed by atoms with Crippen LogP contribution in [-0.2, 0) is 5.60 Å². The van der Waals surface area contributed by atoms with E-state index in [2.05, 4.69) is 11.9 Å². The third-order valence-electron chi connectivity index (χ3n) is 4.68. The molecule has 0 saturated carbocycles. The summed E-state index contributed by atoms with van der Waals surface area (Å²) in [5.41, 5.74) is 1.02. The van der Waals surface area contributed by atoms with E-state index in [9.17, 15) is 5.11 Å². The van der Waals surface area contributed by atoms with Gasteiger partial charge >= 0.3 is 0 Å². The van der Waals surface area contributed by atoms with Gasteiger partial charge in [-0.15, -0.1) is 0 Å². The monoisotopic (exact) mass is 281 g/mol. The summed E-state index contributed by atoms with van der Waals surface area (Å²) in [6.07, 6.45) is 3.42. The molecule has 0 bridgehead atoms. The van der Waals surface area contributed by atoms with Crippen molar-refractivity contribution < 1.29 is 5.11 Å². The van der Waals surface area contributed by atoms with Gasteiger partial charge in [0, 0.05) is 6.04 Å². The van der Waals surface area contributed by atoms with Crippen molar-refractivity contribution in [3.05, 3.63) is 71.8 Å². The van der Waals surface area contributed by atoms with Crippen LogP contribution < -0.4 is 0 Å². The lowest BCUT2D eigenvalue weighted by Crippen LogP contribution is -2.52. The Morgan fingerprint density at radius 1 is 0.905 bits per heavy atom. The molecule has 2 heteroatoms. The molecule has 3 rings (SSSR count). The van der Waals surface area contributed by atoms with Crippen LogP contribution in [0, 0.1) is 0 Å². The Morgan fingerprint density at radius 2 is 1.43 bits per heavy atom. The molecule has 1 heterocycles. The third kappa shape index (κ3) is 2.61. The minimum Gasteiger partial charge on any atom is -0.379 e. The molecule has 1 N–H and O–H groups in total. The fourth-order valence-electron chi connectivity index (χ4n) is 3.54. The summed E-state index contributed by atoms with van der Waals surface area (Å²) in [5.74, 6) is 0. The lowest BCUT2D eigenvalue weighted by Gasteiger charge is -2.44. The van der Waals surface area contributed by atoms with Gasteiger partial charge in [-0.1, -0.05) is 67.1 Å². The number of nitrogens with zero attached hydrogens (tertiary/aromatic N) is 1. The molecule has 0 amide bonds. The molecule has 21 heavy (non-hydrogen) atoms. The predicted molar refractivity (Wildman–Crippen MR) is 86.2 cm³/mol. The summed E-state index contributed by atoms with van der Waals surface area (Å²) < 4.78 is 0. The van der Waals surface area contributed by atoms with E-state index < -0.39 is 5.60 Å². The minimum absolute atomic E-state index is 0.121. The van der Waals surface area contributed by atoms with Gasteiger partial charge in [-0.25, -0.2) is 0 Å². The van der Waals surface area contributed by atoms with Crippen LogP contribution in [0.3, 0.4) is 0 Å². The van der Waals surface area contributed by atoms with Gasteiger partial charge in [0.05, 0.1) is 0 Å². The largest absolute Gasteiger partial charge is 0.379 e. The highest BCUT2D eigenvalue weighted by atomic mass is 16.3. The second kappa shape index (κ2) is 6.00. The lowest BCUT2D eigenvalue weighted by molar-refractivity contribution is -0.0276. The Morgan fingerprint density at radius 3 is 1.90 bits per heavy atom. The first-order chi connectivity index (χ1) is 10.2. The van der Waals surface area contributed by atoms with Crippen molar-refractivity contribution in [3.63, 3.8) is 0 Å². The molecule has 1 atom stereocenters. The van der Waals surface area contributed by atoms with E-state index in [1.807, 2.05) is 60.7 Å². The smallest absolute Gasteiger partial charge is 0.130 e. The SMILES string of the molecule is CN1CCCC[C@@H]1C(O)(c1ccccc1)c1ccccc1. The highest BCUT2D eigenvalue weighted by Crippen LogP contribution is 2.38. The third-order valence-corrected chi connectivity index (χ3v) is 4.68. The van der Waals surface area contributed by atoms with Crippen molar-refractivity contribution >= 4 is 0 Å². The van der Waals surface area contributed by atoms with Gasteiger partial charge in [-0.05, 0) is 37.6 Å². The summed E-state index contributed by atoms with van der Waals surface area (Å²) >= 11 is 0. The predicted octanol–water partition coefficient (Wildman–Crippen LogP) is 3.41. The van der Waals surface area contributed by atoms with Crippen molar-refractivity contribution in [1.29, 1.82) is 0 Å². The normalized spacial score (nSPS) is 20.4. The van der Waals surface area contributed by atoms with Crippen molar-refractivity contribution in [1.82, 2.24) is 4.90 Å². The number of hydrogen-bond donors (Lipinski definition) is 1. The zero-order chi connectivity index (χ0) is 14.7. The first-order valence-electron chi connectivity index (χ1n) is 7.76. The molecule has 0 aromatic heterocycles. The standard InChI is InChI=1S/C19H23NO/c1-20-15-9-8-14-18(20)19(21,16-10-4-2-5-11-16)17-12-6-3-7-13-17/h2-7,10-13,18,21H,8-9,14-15H2,1H3/t18-/m1/s1. The van der Waals surface area contributed by atoms with Gasteiger partial charge in [-0.3, -0.25) is 4.90 Å². The maximum absolute atomic E-state index is 11.7. The van der Waals surface area contributed by atoms with E-state index >= 15 is 0 Å². The van der Waals surface area contributed by atoms with E-state index in [1.165, 1.54) is 12.8 Å². The molecule has 2 nitrogen and oxygen atoms in total. The number of hydrogen-bond acceptors (Lipinski definition) is 2. The minimum atomic E-state index is -0.947. The zero-order valence-corrected chi connectivity index (χ0v) is 12.6. The molecule has 1 aliphatic heterocycles. The zero-order valence-electron chi connectivity index (χ0n) is 12.6. The highest BCUT2D eigenvalue weighted by Gasteiger charge is 2.42. The van der Waals surface area contributed by atoms with E-state index in [0.717, 1.165) is 24.1 Å². The van der Waals surface area contributed by atoms with E-state index in [1.54, 1.807) is 0 Å². The lowest BCUT2D eigenvalue weighted by atomic mass is 9.76. The number of piperidine rings is 1. The summed E-state index contributed by atoms with van der Waals surface area (Å²) in [6.45, 7) is 1.05. The Balaban J connectivity index is 2.11. The molecule has 2 aromatic carbocycles. The molecule has 110 valence electrons. The van der Waals surface area contributed by atoms with Crippen LogP contribution in [0.15, 0.2) is 60.7 Å². The highest BCUT2D eigenvalue weighted by molar-refractivity contribution is 5.38. The van der Waals surface area contributed by atoms with Gasteiger partial charge < -0.3 is 5.11 Å². The van der Waals surface area contributed by atoms with Crippen molar-refractivity contribution in [2.45, 2.75) is 30.9 Å². The quantitative estimate of drug-likeness (QED) is 0.932. The van der Waals surface area contributed by atoms with Gasteiger partial charge in [0.25, 0.3) is 0 Å². The summed E-state index contributed by atoms with van der Waals surface area (Å²) in [7, 11) is 2.13. The number of aliphatic hydroxyl groups is 1. The Hall–Kier alpha value is -1.64. The Kier molecular flexibility index (Phi) is 4.09. The first-order valence-corrected chi connectivity index (χ1v) is 7.76. The van der Waals surface area contributed by atoms with Crippen LogP contribution in [0.1, 0.15) is 30.4 Å². The molecule has 1 fully saturated rings. The fraction of sp³-hybridized carbons (Fsp3) is 0.368. The number of rotatable bonds is 3. The second-order valence-corrected chi connectivity index (χ2v) is 5.99. The van der Waals surface area contributed by atoms with E-state index in [0.29, 0.717) is 0 Å². The molecule has 1 aliphatic rings. The molecular weight excluding hydrogens is 258 g/mol. The maximum Gasteiger partial charge on any atom is 0.130 e. The van der Waals surface area contributed by atoms with Gasteiger partial charge in [-0.2, -0.15) is 0 Å². The van der Waals surface area contributed by atoms with Crippen molar-refractivity contribution in [3.8, 4) is 0 Å². The summed E-state index contributed by atoms with van der Waals surface area (Å²) in [4.78, 5) is 2.31. The molecule has 0 unspecified atom stereocenters. The van der Waals surface area contributed by atoms with Gasteiger partial charge in [0.15, 0.2) is 0 Å². The van der Waals surface area contributed by atoms with Crippen LogP contribution >= 0.6 is 0 Å². The van der Waals surface area contributed by atoms with Crippen molar-refractivity contribution in [2.75, 3.05) is 13.6 Å². The topological polar surface area (TPSA) is 23.5 Å². The number of benzene rings is 2. The number of likely N-dealkylation sites (N-methyl/N-ethyl adjacent to an activating group) is 1. The second-order valence-electron chi connectivity index (χ2n) is 5.99. The van der Waals surface area contributed by atoms with Crippen LogP contribution in [0.4, 0.5) is 0 Å². The molecule has 0 radical (unpaired) electrons.